The number of anilines is 2. The molecule has 0 unspecified atom stereocenters. The number of ether oxygens (including phenoxy) is 2. The molecule has 0 amide bonds. The number of rotatable bonds is 9. The molecule has 2 aromatic carbocycles. The first-order valence-corrected chi connectivity index (χ1v) is 11.8. The van der Waals surface area contributed by atoms with Crippen molar-refractivity contribution >= 4 is 22.7 Å². The van der Waals surface area contributed by atoms with E-state index in [1.807, 2.05) is 49.3 Å². The number of aromatic hydroxyl groups is 1. The number of phenols is 1. The topological polar surface area (TPSA) is 91.8 Å². The Kier molecular flexibility index (Phi) is 7.57. The van der Waals surface area contributed by atoms with Crippen molar-refractivity contribution in [3.05, 3.63) is 42.0 Å². The van der Waals surface area contributed by atoms with Crippen LogP contribution in [0.5, 0.6) is 17.2 Å². The number of hydrogen-bond donors (Lipinski definition) is 3. The number of phenolic OH excluding ortho intramolecular Hbond substituents is 1. The third-order valence-corrected chi connectivity index (χ3v) is 6.54. The minimum absolute atomic E-state index is 0.0369. The van der Waals surface area contributed by atoms with Crippen molar-refractivity contribution in [2.24, 2.45) is 5.92 Å². The summed E-state index contributed by atoms with van der Waals surface area (Å²) in [5.41, 5.74) is 1.99. The summed E-state index contributed by atoms with van der Waals surface area (Å²) >= 11 is 0. The van der Waals surface area contributed by atoms with E-state index < -0.39 is 0 Å². The molecule has 1 aliphatic rings. The van der Waals surface area contributed by atoms with Crippen LogP contribution in [0.25, 0.3) is 10.9 Å². The smallest absolute Gasteiger partial charge is 0.225 e. The minimum atomic E-state index is 0.0369. The highest BCUT2D eigenvalue weighted by molar-refractivity contribution is 5.90. The Morgan fingerprint density at radius 2 is 1.68 bits per heavy atom. The van der Waals surface area contributed by atoms with Gasteiger partial charge in [0.15, 0.2) is 11.5 Å². The summed E-state index contributed by atoms with van der Waals surface area (Å²) in [6.07, 6.45) is 4.56. The van der Waals surface area contributed by atoms with Crippen LogP contribution in [-0.4, -0.2) is 56.0 Å². The van der Waals surface area contributed by atoms with Gasteiger partial charge in [-0.05, 0) is 61.4 Å². The Hall–Kier alpha value is -3.26. The van der Waals surface area contributed by atoms with Gasteiger partial charge in [0, 0.05) is 38.6 Å². The van der Waals surface area contributed by atoms with Crippen molar-refractivity contribution < 1.29 is 14.6 Å². The van der Waals surface area contributed by atoms with Crippen molar-refractivity contribution in [3.8, 4) is 17.2 Å². The minimum Gasteiger partial charge on any atom is -0.502 e. The fourth-order valence-corrected chi connectivity index (χ4v) is 4.60. The molecule has 34 heavy (non-hydrogen) atoms. The molecule has 3 aromatic rings. The molecular weight excluding hydrogens is 430 g/mol. The first kappa shape index (κ1) is 23.9. The van der Waals surface area contributed by atoms with Crippen LogP contribution in [0.2, 0.25) is 0 Å². The molecule has 1 saturated carbocycles. The quantitative estimate of drug-likeness (QED) is 0.434. The van der Waals surface area contributed by atoms with Crippen LogP contribution in [0, 0.1) is 5.92 Å². The first-order valence-electron chi connectivity index (χ1n) is 11.8. The SMILES string of the molecule is COc1cc(CNC2CCC(CNc3nc(N(C)C)c4ccccc4n3)CC2)cc(OC)c1O. The third kappa shape index (κ3) is 5.44. The van der Waals surface area contributed by atoms with Crippen LogP contribution in [0.15, 0.2) is 36.4 Å². The largest absolute Gasteiger partial charge is 0.502 e. The van der Waals surface area contributed by atoms with E-state index in [1.54, 1.807) is 14.2 Å². The monoisotopic (exact) mass is 465 g/mol. The Bertz CT molecular complexity index is 1090. The van der Waals surface area contributed by atoms with Crippen molar-refractivity contribution in [1.82, 2.24) is 15.3 Å². The summed E-state index contributed by atoms with van der Waals surface area (Å²) in [5.74, 6) is 3.12. The van der Waals surface area contributed by atoms with Crippen LogP contribution in [0.1, 0.15) is 31.2 Å². The number of nitrogens with one attached hydrogen (secondary N) is 2. The summed E-state index contributed by atoms with van der Waals surface area (Å²) < 4.78 is 10.5. The van der Waals surface area contributed by atoms with Gasteiger partial charge in [-0.2, -0.15) is 4.98 Å². The molecule has 182 valence electrons. The number of methoxy groups -OCH3 is 2. The van der Waals surface area contributed by atoms with Crippen LogP contribution < -0.4 is 25.0 Å². The van der Waals surface area contributed by atoms with Crippen molar-refractivity contribution in [1.29, 1.82) is 0 Å². The number of para-hydroxylation sites is 1. The van der Waals surface area contributed by atoms with Gasteiger partial charge in [-0.3, -0.25) is 0 Å². The molecule has 1 aromatic heterocycles. The molecule has 0 aliphatic heterocycles. The summed E-state index contributed by atoms with van der Waals surface area (Å²) in [7, 11) is 7.12. The highest BCUT2D eigenvalue weighted by atomic mass is 16.5. The standard InChI is InChI=1S/C26H35N5O3/c1-31(2)25-20-7-5-6-8-21(20)29-26(30-25)28-15-17-9-11-19(12-10-17)27-16-18-13-22(33-3)24(32)23(14-18)34-4/h5-8,13-14,17,19,27,32H,9-12,15-16H2,1-4H3,(H,28,29,30). The predicted molar refractivity (Wildman–Crippen MR) is 136 cm³/mol. The summed E-state index contributed by atoms with van der Waals surface area (Å²) in [4.78, 5) is 11.5. The lowest BCUT2D eigenvalue weighted by atomic mass is 9.86. The maximum Gasteiger partial charge on any atom is 0.225 e. The molecule has 0 bridgehead atoms. The maximum atomic E-state index is 10.1. The average Bonchev–Trinajstić information content (AvgIpc) is 2.86. The molecule has 1 fully saturated rings. The van der Waals surface area contributed by atoms with Gasteiger partial charge in [-0.1, -0.05) is 12.1 Å². The molecule has 0 saturated heterocycles. The Morgan fingerprint density at radius 1 is 1.00 bits per heavy atom. The van der Waals surface area contributed by atoms with Gasteiger partial charge >= 0.3 is 0 Å². The fraction of sp³-hybridized carbons (Fsp3) is 0.462. The number of benzene rings is 2. The molecule has 0 spiro atoms. The second-order valence-electron chi connectivity index (χ2n) is 9.11. The van der Waals surface area contributed by atoms with E-state index in [4.69, 9.17) is 19.4 Å². The summed E-state index contributed by atoms with van der Waals surface area (Å²) in [5, 5.41) is 18.3. The lowest BCUT2D eigenvalue weighted by Crippen LogP contribution is -2.34. The van der Waals surface area contributed by atoms with Crippen molar-refractivity contribution in [3.63, 3.8) is 0 Å². The number of nitrogens with zero attached hydrogens (tertiary/aromatic N) is 3. The molecule has 4 rings (SSSR count). The van der Waals surface area contributed by atoms with Gasteiger partial charge in [0.25, 0.3) is 0 Å². The summed E-state index contributed by atoms with van der Waals surface area (Å²) in [6.45, 7) is 1.59. The molecule has 8 heteroatoms. The van der Waals surface area contributed by atoms with E-state index in [9.17, 15) is 5.11 Å². The Labute approximate surface area is 201 Å². The van der Waals surface area contributed by atoms with Gasteiger partial charge in [-0.25, -0.2) is 4.98 Å². The molecular formula is C26H35N5O3. The van der Waals surface area contributed by atoms with Crippen molar-refractivity contribution in [2.45, 2.75) is 38.3 Å². The van der Waals surface area contributed by atoms with Gasteiger partial charge in [0.2, 0.25) is 11.7 Å². The highest BCUT2D eigenvalue weighted by Crippen LogP contribution is 2.37. The molecule has 1 aliphatic carbocycles. The highest BCUT2D eigenvalue weighted by Gasteiger charge is 2.22. The van der Waals surface area contributed by atoms with E-state index in [-0.39, 0.29) is 5.75 Å². The summed E-state index contributed by atoms with van der Waals surface area (Å²) in [6, 6.07) is 12.3. The predicted octanol–water partition coefficient (Wildman–Crippen LogP) is 4.18. The average molecular weight is 466 g/mol. The van der Waals surface area contributed by atoms with E-state index >= 15 is 0 Å². The molecule has 3 N–H and O–H groups in total. The van der Waals surface area contributed by atoms with E-state index in [0.29, 0.717) is 36.0 Å². The zero-order valence-electron chi connectivity index (χ0n) is 20.5. The van der Waals surface area contributed by atoms with Gasteiger partial charge in [-0.15, -0.1) is 0 Å². The van der Waals surface area contributed by atoms with E-state index in [2.05, 4.69) is 16.7 Å². The van der Waals surface area contributed by atoms with E-state index in [1.165, 1.54) is 0 Å². The zero-order chi connectivity index (χ0) is 24.1. The number of aromatic nitrogens is 2. The van der Waals surface area contributed by atoms with Gasteiger partial charge < -0.3 is 30.1 Å². The molecule has 0 atom stereocenters. The molecule has 1 heterocycles. The van der Waals surface area contributed by atoms with Crippen LogP contribution in [0.3, 0.4) is 0 Å². The van der Waals surface area contributed by atoms with Crippen molar-refractivity contribution in [2.75, 3.05) is 45.1 Å². The second-order valence-corrected chi connectivity index (χ2v) is 9.11. The number of fused-ring (bicyclic) bond motifs is 1. The Morgan fingerprint density at radius 3 is 2.32 bits per heavy atom. The Balaban J connectivity index is 1.29. The van der Waals surface area contributed by atoms with Crippen LogP contribution >= 0.6 is 0 Å². The van der Waals surface area contributed by atoms with Gasteiger partial charge in [0.1, 0.15) is 5.82 Å². The lowest BCUT2D eigenvalue weighted by Gasteiger charge is -2.29. The maximum absolute atomic E-state index is 10.1. The second kappa shape index (κ2) is 10.8. The zero-order valence-corrected chi connectivity index (χ0v) is 20.5. The van der Waals surface area contributed by atoms with Crippen LogP contribution in [0.4, 0.5) is 11.8 Å². The van der Waals surface area contributed by atoms with Gasteiger partial charge in [0.05, 0.1) is 19.7 Å². The fourth-order valence-electron chi connectivity index (χ4n) is 4.60. The first-order chi connectivity index (χ1) is 16.5. The van der Waals surface area contributed by atoms with Crippen LogP contribution in [-0.2, 0) is 6.54 Å². The van der Waals surface area contributed by atoms with E-state index in [0.717, 1.165) is 54.5 Å². The molecule has 0 radical (unpaired) electrons. The molecule has 8 nitrogen and oxygen atoms in total. The third-order valence-electron chi connectivity index (χ3n) is 6.54. The lowest BCUT2D eigenvalue weighted by molar-refractivity contribution is 0.299. The normalized spacial score (nSPS) is 18.0. The number of hydrogen-bond acceptors (Lipinski definition) is 8.